The summed E-state index contributed by atoms with van der Waals surface area (Å²) in [5.74, 6) is -0.0728. The average molecular weight is 410 g/mol. The van der Waals surface area contributed by atoms with E-state index in [-0.39, 0.29) is 17.0 Å². The molecule has 0 aliphatic carbocycles. The number of carbonyl (C=O) groups is 1. The molecule has 2 aliphatic heterocycles. The van der Waals surface area contributed by atoms with Gasteiger partial charge in [-0.1, -0.05) is 64.7 Å². The number of piperidine rings is 1. The zero-order valence-electron chi connectivity index (χ0n) is 22.1. The Hall–Kier alpha value is -0.610. The molecule has 1 amide bonds. The lowest BCUT2D eigenvalue weighted by atomic mass is 9.70. The van der Waals surface area contributed by atoms with Gasteiger partial charge in [0.05, 0.1) is 13.6 Å². The lowest BCUT2D eigenvalue weighted by molar-refractivity contribution is -0.135. The summed E-state index contributed by atoms with van der Waals surface area (Å²) >= 11 is 0. The summed E-state index contributed by atoms with van der Waals surface area (Å²) in [5, 5.41) is 3.68. The van der Waals surface area contributed by atoms with Crippen LogP contribution in [0.1, 0.15) is 121 Å². The quantitative estimate of drug-likeness (QED) is 0.444. The highest BCUT2D eigenvalue weighted by Gasteiger charge is 2.54. The van der Waals surface area contributed by atoms with E-state index in [9.17, 15) is 4.79 Å². The Morgan fingerprint density at radius 3 is 1.86 bits per heavy atom. The molecule has 0 bridgehead atoms. The second kappa shape index (κ2) is 10.6. The Bertz CT molecular complexity index is 565. The Morgan fingerprint density at radius 1 is 0.897 bits per heavy atom. The van der Waals surface area contributed by atoms with Crippen molar-refractivity contribution in [1.82, 2.24) is 15.1 Å². The topological polar surface area (TPSA) is 35.6 Å². The molecule has 2 unspecified atom stereocenters. The number of amides is 1. The Labute approximate surface area is 184 Å². The van der Waals surface area contributed by atoms with Gasteiger partial charge in [0.1, 0.15) is 0 Å². The third-order valence-electron chi connectivity index (χ3n) is 6.43. The van der Waals surface area contributed by atoms with Crippen molar-refractivity contribution in [3.63, 3.8) is 0 Å². The van der Waals surface area contributed by atoms with Crippen LogP contribution in [0.4, 0.5) is 0 Å². The second-order valence-corrected chi connectivity index (χ2v) is 10.9. The molecular weight excluding hydrogens is 358 g/mol. The fourth-order valence-electron chi connectivity index (χ4n) is 5.83. The summed E-state index contributed by atoms with van der Waals surface area (Å²) in [5.41, 5.74) is -0.960. The molecule has 0 radical (unpaired) electrons. The van der Waals surface area contributed by atoms with Crippen molar-refractivity contribution in [3.05, 3.63) is 0 Å². The molecule has 2 saturated heterocycles. The Morgan fingerprint density at radius 2 is 1.38 bits per heavy atom. The summed E-state index contributed by atoms with van der Waals surface area (Å²) in [6, 6.07) is 0. The van der Waals surface area contributed by atoms with Gasteiger partial charge in [-0.05, 0) is 53.5 Å². The zero-order valence-corrected chi connectivity index (χ0v) is 20.1. The largest absolute Gasteiger partial charge is 0.323 e. The van der Waals surface area contributed by atoms with E-state index in [1.165, 1.54) is 51.4 Å². The SMILES string of the molecule is [2H]C1N(CCCCCCCCCCCC)C([2H])C2(CC(C)(C)NC(C)(C)C2)N1C(C)=O. The van der Waals surface area contributed by atoms with Crippen LogP contribution >= 0.6 is 0 Å². The van der Waals surface area contributed by atoms with Gasteiger partial charge in [0, 0.05) is 25.9 Å². The molecule has 2 fully saturated rings. The molecule has 0 aromatic carbocycles. The van der Waals surface area contributed by atoms with Crippen molar-refractivity contribution in [3.8, 4) is 0 Å². The first-order valence-corrected chi connectivity index (χ1v) is 12.2. The number of hydrogen-bond acceptors (Lipinski definition) is 3. The standard InChI is InChI=1S/C25H49N3O/c1-7-8-9-10-11-12-13-14-15-16-17-27-20-25(28(21-27)22(2)29)18-23(3,4)26-24(5,6)19-25/h26H,7-21H2,1-6H3/i20D,21D. The normalized spacial score (nSPS) is 29.1. The van der Waals surface area contributed by atoms with Crippen molar-refractivity contribution in [2.75, 3.05) is 19.7 Å². The molecule has 1 spiro atoms. The fourth-order valence-corrected chi connectivity index (χ4v) is 5.83. The highest BCUT2D eigenvalue weighted by Crippen LogP contribution is 2.43. The van der Waals surface area contributed by atoms with E-state index in [1.54, 1.807) is 11.8 Å². The van der Waals surface area contributed by atoms with Gasteiger partial charge < -0.3 is 10.2 Å². The first kappa shape index (κ1) is 21.6. The van der Waals surface area contributed by atoms with Crippen LogP contribution in [0.5, 0.6) is 0 Å². The van der Waals surface area contributed by atoms with E-state index in [1.807, 2.05) is 4.90 Å². The van der Waals surface area contributed by atoms with Crippen LogP contribution in [-0.2, 0) is 4.79 Å². The predicted octanol–water partition coefficient (Wildman–Crippen LogP) is 5.71. The van der Waals surface area contributed by atoms with E-state index in [4.69, 9.17) is 2.74 Å². The number of carbonyl (C=O) groups excluding carboxylic acids is 1. The summed E-state index contributed by atoms with van der Waals surface area (Å²) in [6.07, 6.45) is 14.2. The van der Waals surface area contributed by atoms with Gasteiger partial charge in [0.25, 0.3) is 0 Å². The molecule has 2 aliphatic rings. The Kier molecular flexibility index (Phi) is 7.91. The van der Waals surface area contributed by atoms with E-state index in [0.29, 0.717) is 12.8 Å². The lowest BCUT2D eigenvalue weighted by Gasteiger charge is -2.54. The zero-order chi connectivity index (χ0) is 23.3. The van der Waals surface area contributed by atoms with Gasteiger partial charge in [-0.25, -0.2) is 0 Å². The van der Waals surface area contributed by atoms with Gasteiger partial charge in [0.2, 0.25) is 5.91 Å². The van der Waals surface area contributed by atoms with Crippen LogP contribution in [-0.4, -0.2) is 52.0 Å². The number of nitrogens with one attached hydrogen (secondary N) is 1. The molecule has 4 nitrogen and oxygen atoms in total. The smallest absolute Gasteiger partial charge is 0.220 e. The second-order valence-electron chi connectivity index (χ2n) is 10.9. The summed E-state index contributed by atoms with van der Waals surface area (Å²) in [7, 11) is 0. The number of rotatable bonds is 11. The van der Waals surface area contributed by atoms with E-state index >= 15 is 0 Å². The maximum atomic E-state index is 12.7. The van der Waals surface area contributed by atoms with Crippen molar-refractivity contribution < 1.29 is 7.54 Å². The average Bonchev–Trinajstić information content (AvgIpc) is 2.80. The molecule has 0 aromatic rings. The van der Waals surface area contributed by atoms with Crippen molar-refractivity contribution in [2.45, 2.75) is 135 Å². The van der Waals surface area contributed by atoms with Crippen LogP contribution in [0, 0.1) is 0 Å². The number of nitrogens with zero attached hydrogens (tertiary/aromatic N) is 2. The monoisotopic (exact) mass is 409 g/mol. The summed E-state index contributed by atoms with van der Waals surface area (Å²) in [6.45, 7) is 11.9. The molecule has 170 valence electrons. The third-order valence-corrected chi connectivity index (χ3v) is 6.43. The third kappa shape index (κ3) is 7.54. The first-order valence-electron chi connectivity index (χ1n) is 13.3. The molecule has 2 atom stereocenters. The fraction of sp³-hybridized carbons (Fsp3) is 0.960. The van der Waals surface area contributed by atoms with E-state index < -0.39 is 18.7 Å². The predicted molar refractivity (Wildman–Crippen MR) is 124 cm³/mol. The highest BCUT2D eigenvalue weighted by atomic mass is 16.2. The molecular formula is C25H49N3O. The van der Waals surface area contributed by atoms with Crippen LogP contribution in [0.3, 0.4) is 0 Å². The van der Waals surface area contributed by atoms with Gasteiger partial charge in [-0.3, -0.25) is 9.69 Å². The van der Waals surface area contributed by atoms with Gasteiger partial charge in [-0.15, -0.1) is 0 Å². The van der Waals surface area contributed by atoms with Gasteiger partial charge in [0.15, 0.2) is 0 Å². The minimum absolute atomic E-state index is 0.0728. The minimum Gasteiger partial charge on any atom is -0.323 e. The summed E-state index contributed by atoms with van der Waals surface area (Å²) in [4.78, 5) is 16.4. The highest BCUT2D eigenvalue weighted by molar-refractivity contribution is 5.74. The molecule has 0 saturated carbocycles. The minimum atomic E-state index is -0.747. The molecule has 1 N–H and O–H groups in total. The summed E-state index contributed by atoms with van der Waals surface area (Å²) < 4.78 is 18.0. The van der Waals surface area contributed by atoms with Crippen molar-refractivity contribution in [1.29, 1.82) is 0 Å². The van der Waals surface area contributed by atoms with Crippen LogP contribution < -0.4 is 5.32 Å². The van der Waals surface area contributed by atoms with Gasteiger partial charge >= 0.3 is 0 Å². The maximum absolute atomic E-state index is 12.7. The number of hydrogen-bond donors (Lipinski definition) is 1. The molecule has 2 rings (SSSR count). The Balaban J connectivity index is 1.92. The van der Waals surface area contributed by atoms with Crippen molar-refractivity contribution in [2.24, 2.45) is 0 Å². The molecule has 4 heteroatoms. The first-order chi connectivity index (χ1) is 14.5. The maximum Gasteiger partial charge on any atom is 0.220 e. The van der Waals surface area contributed by atoms with Crippen LogP contribution in [0.25, 0.3) is 0 Å². The van der Waals surface area contributed by atoms with E-state index in [2.05, 4.69) is 39.9 Å². The molecule has 0 aromatic heterocycles. The molecule has 2 heterocycles. The van der Waals surface area contributed by atoms with Crippen LogP contribution in [0.2, 0.25) is 0 Å². The van der Waals surface area contributed by atoms with Crippen molar-refractivity contribution >= 4 is 5.91 Å². The molecule has 29 heavy (non-hydrogen) atoms. The van der Waals surface area contributed by atoms with Crippen LogP contribution in [0.15, 0.2) is 0 Å². The number of unbranched alkanes of at least 4 members (excludes halogenated alkanes) is 9. The van der Waals surface area contributed by atoms with Gasteiger partial charge in [-0.2, -0.15) is 0 Å². The lowest BCUT2D eigenvalue weighted by Crippen LogP contribution is -2.68. The van der Waals surface area contributed by atoms with E-state index in [0.717, 1.165) is 19.4 Å².